The van der Waals surface area contributed by atoms with Gasteiger partial charge >= 0.3 is 0 Å². The van der Waals surface area contributed by atoms with Gasteiger partial charge in [0.2, 0.25) is 5.91 Å². The third kappa shape index (κ3) is 3.59. The smallest absolute Gasteiger partial charge is 0.220 e. The summed E-state index contributed by atoms with van der Waals surface area (Å²) in [6.45, 7) is 6.60. The largest absolute Gasteiger partial charge is 0.349 e. The monoisotopic (exact) mass is 401 g/mol. The van der Waals surface area contributed by atoms with Gasteiger partial charge in [-0.15, -0.1) is 12.4 Å². The van der Waals surface area contributed by atoms with E-state index in [2.05, 4.69) is 24.3 Å². The van der Waals surface area contributed by atoms with Gasteiger partial charge in [-0.1, -0.05) is 12.1 Å². The zero-order valence-electron chi connectivity index (χ0n) is 16.7. The average molecular weight is 402 g/mol. The third-order valence-electron chi connectivity index (χ3n) is 5.95. The summed E-state index contributed by atoms with van der Waals surface area (Å²) in [5, 5.41) is 8.90. The second kappa shape index (κ2) is 7.68. The van der Waals surface area contributed by atoms with E-state index < -0.39 is 0 Å². The van der Waals surface area contributed by atoms with Gasteiger partial charge in [0.15, 0.2) is 5.65 Å². The van der Waals surface area contributed by atoms with Crippen molar-refractivity contribution in [1.29, 1.82) is 0 Å². The normalized spacial score (nSPS) is 16.0. The van der Waals surface area contributed by atoms with Crippen LogP contribution in [0.3, 0.4) is 0 Å². The van der Waals surface area contributed by atoms with Crippen LogP contribution in [0.15, 0.2) is 24.3 Å². The predicted octanol–water partition coefficient (Wildman–Crippen LogP) is 3.10. The fraction of sp³-hybridized carbons (Fsp3) is 0.476. The van der Waals surface area contributed by atoms with E-state index in [9.17, 15) is 4.79 Å². The Labute approximate surface area is 171 Å². The van der Waals surface area contributed by atoms with Crippen LogP contribution in [0.1, 0.15) is 43.1 Å². The van der Waals surface area contributed by atoms with Crippen molar-refractivity contribution in [1.82, 2.24) is 19.9 Å². The number of nitrogens with one attached hydrogen (secondary N) is 1. The van der Waals surface area contributed by atoms with Crippen molar-refractivity contribution < 1.29 is 4.79 Å². The fourth-order valence-electron chi connectivity index (χ4n) is 4.00. The number of nitrogens with two attached hydrogens (primary N) is 1. The maximum Gasteiger partial charge on any atom is 0.220 e. The fourth-order valence-corrected chi connectivity index (χ4v) is 4.00. The molecule has 2 aromatic heterocycles. The minimum atomic E-state index is -0.275. The van der Waals surface area contributed by atoms with E-state index in [0.29, 0.717) is 25.3 Å². The van der Waals surface area contributed by atoms with Gasteiger partial charge in [0, 0.05) is 29.7 Å². The van der Waals surface area contributed by atoms with Crippen molar-refractivity contribution >= 4 is 34.9 Å². The molecule has 150 valence electrons. The number of aromatic nitrogens is 3. The standard InChI is InChI=1S/C21H27N5O.ClH/c1-13-16(10-11-19(27)24-21(3,12-22)15-8-9-15)14(2)26-20(23-13)17-6-4-5-7-18(17)25-26;/h4-7,15H,8-12,22H2,1-3H3,(H,24,27);1H. The molecule has 1 atom stereocenters. The summed E-state index contributed by atoms with van der Waals surface area (Å²) in [5.74, 6) is 0.573. The summed E-state index contributed by atoms with van der Waals surface area (Å²) in [5.41, 5.74) is 10.5. The van der Waals surface area contributed by atoms with Crippen LogP contribution in [0.25, 0.3) is 16.6 Å². The van der Waals surface area contributed by atoms with Crippen LogP contribution in [-0.4, -0.2) is 32.6 Å². The highest BCUT2D eigenvalue weighted by Crippen LogP contribution is 2.39. The Hall–Kier alpha value is -2.18. The van der Waals surface area contributed by atoms with Crippen LogP contribution >= 0.6 is 12.4 Å². The lowest BCUT2D eigenvalue weighted by Gasteiger charge is -2.29. The Morgan fingerprint density at radius 2 is 2.04 bits per heavy atom. The topological polar surface area (TPSA) is 85.3 Å². The van der Waals surface area contributed by atoms with Gasteiger partial charge in [-0.05, 0) is 63.6 Å². The molecular weight excluding hydrogens is 374 g/mol. The second-order valence-corrected chi connectivity index (χ2v) is 7.96. The van der Waals surface area contributed by atoms with Crippen molar-refractivity contribution in [3.63, 3.8) is 0 Å². The number of amides is 1. The number of benzene rings is 1. The molecule has 0 bridgehead atoms. The van der Waals surface area contributed by atoms with Gasteiger partial charge in [0.1, 0.15) is 0 Å². The van der Waals surface area contributed by atoms with Gasteiger partial charge < -0.3 is 11.1 Å². The molecule has 1 unspecified atom stereocenters. The quantitative estimate of drug-likeness (QED) is 0.664. The number of rotatable bonds is 6. The number of aryl methyl sites for hydroxylation is 2. The lowest BCUT2D eigenvalue weighted by Crippen LogP contribution is -2.53. The van der Waals surface area contributed by atoms with E-state index in [1.165, 1.54) is 0 Å². The zero-order valence-corrected chi connectivity index (χ0v) is 17.5. The molecule has 1 aliphatic carbocycles. The number of carbonyl (C=O) groups is 1. The van der Waals surface area contributed by atoms with Crippen molar-refractivity contribution in [3.05, 3.63) is 41.2 Å². The van der Waals surface area contributed by atoms with E-state index in [0.717, 1.165) is 46.3 Å². The van der Waals surface area contributed by atoms with Crippen molar-refractivity contribution in [2.45, 2.75) is 52.0 Å². The number of hydrogen-bond acceptors (Lipinski definition) is 4. The van der Waals surface area contributed by atoms with Gasteiger partial charge in [-0.3, -0.25) is 4.79 Å². The van der Waals surface area contributed by atoms with Crippen LogP contribution in [-0.2, 0) is 11.2 Å². The highest BCUT2D eigenvalue weighted by atomic mass is 35.5. The lowest BCUT2D eigenvalue weighted by molar-refractivity contribution is -0.123. The molecule has 3 aromatic rings. The van der Waals surface area contributed by atoms with Crippen LogP contribution in [0.4, 0.5) is 0 Å². The molecule has 1 aromatic carbocycles. The first kappa shape index (κ1) is 20.6. The second-order valence-electron chi connectivity index (χ2n) is 7.96. The lowest BCUT2D eigenvalue weighted by atomic mass is 9.95. The molecule has 0 spiro atoms. The molecule has 1 amide bonds. The summed E-state index contributed by atoms with van der Waals surface area (Å²) in [6.07, 6.45) is 3.38. The number of halogens is 1. The Bertz CT molecular complexity index is 1030. The van der Waals surface area contributed by atoms with Gasteiger partial charge in [-0.2, -0.15) is 5.10 Å². The summed E-state index contributed by atoms with van der Waals surface area (Å²) in [7, 11) is 0. The number of nitrogens with zero attached hydrogens (tertiary/aromatic N) is 3. The van der Waals surface area contributed by atoms with Crippen LogP contribution in [0.5, 0.6) is 0 Å². The van der Waals surface area contributed by atoms with E-state index in [1.54, 1.807) is 0 Å². The Balaban J connectivity index is 0.00000225. The van der Waals surface area contributed by atoms with E-state index in [-0.39, 0.29) is 23.9 Å². The predicted molar refractivity (Wildman–Crippen MR) is 114 cm³/mol. The molecule has 4 rings (SSSR count). The summed E-state index contributed by atoms with van der Waals surface area (Å²) >= 11 is 0. The van der Waals surface area contributed by atoms with Gasteiger partial charge in [0.25, 0.3) is 0 Å². The molecule has 6 nitrogen and oxygen atoms in total. The van der Waals surface area contributed by atoms with E-state index in [4.69, 9.17) is 10.7 Å². The first-order valence-corrected chi connectivity index (χ1v) is 9.67. The van der Waals surface area contributed by atoms with Gasteiger partial charge in [0.05, 0.1) is 11.1 Å². The van der Waals surface area contributed by atoms with Crippen molar-refractivity contribution in [3.8, 4) is 0 Å². The molecule has 0 aliphatic heterocycles. The molecule has 1 fully saturated rings. The van der Waals surface area contributed by atoms with E-state index in [1.807, 2.05) is 35.7 Å². The SMILES string of the molecule is Cc1nc2c3ccccc3nn2c(C)c1CCC(=O)NC(C)(CN)C1CC1.Cl. The number of hydrogen-bond donors (Lipinski definition) is 2. The number of carbonyl (C=O) groups excluding carboxylic acids is 1. The van der Waals surface area contributed by atoms with Crippen LogP contribution in [0, 0.1) is 19.8 Å². The third-order valence-corrected chi connectivity index (χ3v) is 5.95. The molecule has 2 heterocycles. The van der Waals surface area contributed by atoms with Crippen molar-refractivity contribution in [2.24, 2.45) is 11.7 Å². The maximum absolute atomic E-state index is 12.5. The summed E-state index contributed by atoms with van der Waals surface area (Å²) in [6, 6.07) is 8.03. The summed E-state index contributed by atoms with van der Waals surface area (Å²) in [4.78, 5) is 17.3. The Kier molecular flexibility index (Phi) is 5.64. The highest BCUT2D eigenvalue weighted by Gasteiger charge is 2.41. The minimum Gasteiger partial charge on any atom is -0.349 e. The minimum absolute atomic E-state index is 0. The first-order valence-electron chi connectivity index (χ1n) is 9.67. The first-order chi connectivity index (χ1) is 12.9. The molecule has 1 aliphatic rings. The molecule has 0 radical (unpaired) electrons. The molecule has 28 heavy (non-hydrogen) atoms. The maximum atomic E-state index is 12.5. The number of fused-ring (bicyclic) bond motifs is 3. The molecule has 0 saturated heterocycles. The Morgan fingerprint density at radius 3 is 2.71 bits per heavy atom. The average Bonchev–Trinajstić information content (AvgIpc) is 3.44. The van der Waals surface area contributed by atoms with Crippen molar-refractivity contribution in [2.75, 3.05) is 6.54 Å². The zero-order chi connectivity index (χ0) is 19.2. The van der Waals surface area contributed by atoms with Crippen LogP contribution < -0.4 is 11.1 Å². The molecule has 1 saturated carbocycles. The molecule has 3 N–H and O–H groups in total. The van der Waals surface area contributed by atoms with Crippen LogP contribution in [0.2, 0.25) is 0 Å². The van der Waals surface area contributed by atoms with E-state index >= 15 is 0 Å². The Morgan fingerprint density at radius 1 is 1.32 bits per heavy atom. The van der Waals surface area contributed by atoms with Gasteiger partial charge in [-0.25, -0.2) is 9.50 Å². The molecule has 7 heteroatoms. The summed E-state index contributed by atoms with van der Waals surface area (Å²) < 4.78 is 1.90. The highest BCUT2D eigenvalue weighted by molar-refractivity contribution is 5.92. The molecular formula is C21H28ClN5O.